The van der Waals surface area contributed by atoms with Crippen molar-refractivity contribution in [3.63, 3.8) is 0 Å². The van der Waals surface area contributed by atoms with E-state index in [4.69, 9.17) is 5.84 Å². The minimum Gasteiger partial charge on any atom is -0.271 e. The highest BCUT2D eigenvalue weighted by atomic mass is 15.2. The van der Waals surface area contributed by atoms with Crippen molar-refractivity contribution in [1.29, 1.82) is 0 Å². The predicted molar refractivity (Wildman–Crippen MR) is 64.1 cm³/mol. The third-order valence-electron chi connectivity index (χ3n) is 4.53. The van der Waals surface area contributed by atoms with Gasteiger partial charge in [-0.1, -0.05) is 31.8 Å². The van der Waals surface area contributed by atoms with Gasteiger partial charge in [0.2, 0.25) is 0 Å². The lowest BCUT2D eigenvalue weighted by molar-refractivity contribution is 0.118. The van der Waals surface area contributed by atoms with Gasteiger partial charge in [-0.3, -0.25) is 11.3 Å². The van der Waals surface area contributed by atoms with Crippen LogP contribution in [-0.2, 0) is 0 Å². The molecule has 0 spiro atoms. The summed E-state index contributed by atoms with van der Waals surface area (Å²) in [4.78, 5) is 0. The van der Waals surface area contributed by atoms with Gasteiger partial charge in [-0.2, -0.15) is 0 Å². The van der Waals surface area contributed by atoms with E-state index >= 15 is 0 Å². The molecule has 3 N–H and O–H groups in total. The fourth-order valence-electron chi connectivity index (χ4n) is 3.63. The Hall–Kier alpha value is -0.340. The van der Waals surface area contributed by atoms with Crippen LogP contribution in [0, 0.1) is 17.8 Å². The summed E-state index contributed by atoms with van der Waals surface area (Å²) in [5.41, 5.74) is 2.90. The molecule has 0 aromatic rings. The Morgan fingerprint density at radius 3 is 2.53 bits per heavy atom. The van der Waals surface area contributed by atoms with E-state index in [1.54, 1.807) is 0 Å². The first-order valence-electron chi connectivity index (χ1n) is 6.44. The first kappa shape index (κ1) is 11.2. The van der Waals surface area contributed by atoms with Crippen LogP contribution >= 0.6 is 0 Å². The van der Waals surface area contributed by atoms with Crippen LogP contribution in [0.2, 0.25) is 0 Å². The molecule has 2 rings (SSSR count). The van der Waals surface area contributed by atoms with Crippen molar-refractivity contribution in [2.75, 3.05) is 0 Å². The summed E-state index contributed by atoms with van der Waals surface area (Å²) >= 11 is 0. The zero-order chi connectivity index (χ0) is 10.7. The van der Waals surface area contributed by atoms with Crippen LogP contribution in [0.1, 0.15) is 44.9 Å². The number of nitrogens with one attached hydrogen (secondary N) is 1. The predicted octanol–water partition coefficient (Wildman–Crippen LogP) is 2.61. The van der Waals surface area contributed by atoms with E-state index < -0.39 is 0 Å². The second kappa shape index (κ2) is 5.13. The van der Waals surface area contributed by atoms with Crippen molar-refractivity contribution in [2.45, 2.75) is 51.0 Å². The fraction of sp³-hybridized carbons (Fsp3) is 0.846. The van der Waals surface area contributed by atoms with Gasteiger partial charge in [-0.05, 0) is 37.0 Å². The third kappa shape index (κ3) is 2.43. The fourth-order valence-corrected chi connectivity index (χ4v) is 3.63. The maximum absolute atomic E-state index is 5.56. The minimum absolute atomic E-state index is 0.327. The summed E-state index contributed by atoms with van der Waals surface area (Å²) in [6.07, 6.45) is 11.9. The quantitative estimate of drug-likeness (QED) is 0.425. The van der Waals surface area contributed by atoms with Crippen LogP contribution in [0.15, 0.2) is 12.7 Å². The Balaban J connectivity index is 1.92. The number of hydrogen-bond donors (Lipinski definition) is 2. The first-order chi connectivity index (χ1) is 7.35. The van der Waals surface area contributed by atoms with E-state index in [0.29, 0.717) is 6.04 Å². The van der Waals surface area contributed by atoms with Gasteiger partial charge in [0.15, 0.2) is 0 Å². The molecule has 0 amide bonds. The average Bonchev–Trinajstić information content (AvgIpc) is 2.30. The van der Waals surface area contributed by atoms with Crippen molar-refractivity contribution in [3.05, 3.63) is 12.7 Å². The van der Waals surface area contributed by atoms with Gasteiger partial charge in [0.25, 0.3) is 0 Å². The Morgan fingerprint density at radius 2 is 1.87 bits per heavy atom. The Bertz CT molecular complexity index is 215. The molecular formula is C13H24N2. The van der Waals surface area contributed by atoms with E-state index in [2.05, 4.69) is 12.0 Å². The van der Waals surface area contributed by atoms with Crippen molar-refractivity contribution >= 4 is 0 Å². The molecule has 0 saturated heterocycles. The van der Waals surface area contributed by atoms with E-state index in [1.807, 2.05) is 6.08 Å². The average molecular weight is 208 g/mol. The standard InChI is InChI=1S/C13H24N2/c1-2-13(15-14)12-8-7-10-5-3-4-6-11(10)9-12/h2,10-13,15H,1,3-9,14H2. The van der Waals surface area contributed by atoms with Crippen molar-refractivity contribution in [2.24, 2.45) is 23.6 Å². The van der Waals surface area contributed by atoms with Crippen molar-refractivity contribution in [3.8, 4) is 0 Å². The largest absolute Gasteiger partial charge is 0.271 e. The molecule has 86 valence electrons. The van der Waals surface area contributed by atoms with Crippen LogP contribution in [-0.4, -0.2) is 6.04 Å². The van der Waals surface area contributed by atoms with Crippen LogP contribution in [0.4, 0.5) is 0 Å². The van der Waals surface area contributed by atoms with E-state index in [1.165, 1.54) is 44.9 Å². The topological polar surface area (TPSA) is 38.0 Å². The van der Waals surface area contributed by atoms with Gasteiger partial charge < -0.3 is 0 Å². The van der Waals surface area contributed by atoms with Crippen molar-refractivity contribution in [1.82, 2.24) is 5.43 Å². The second-order valence-corrected chi connectivity index (χ2v) is 5.31. The van der Waals surface area contributed by atoms with E-state index in [9.17, 15) is 0 Å². The molecular weight excluding hydrogens is 184 g/mol. The summed E-state index contributed by atoms with van der Waals surface area (Å²) in [6, 6.07) is 0.327. The molecule has 0 aromatic heterocycles. The highest BCUT2D eigenvalue weighted by molar-refractivity contribution is 4.94. The minimum atomic E-state index is 0.327. The van der Waals surface area contributed by atoms with E-state index in [0.717, 1.165) is 17.8 Å². The highest BCUT2D eigenvalue weighted by Crippen LogP contribution is 2.43. The second-order valence-electron chi connectivity index (χ2n) is 5.31. The number of fused-ring (bicyclic) bond motifs is 1. The monoisotopic (exact) mass is 208 g/mol. The number of rotatable bonds is 3. The van der Waals surface area contributed by atoms with Crippen LogP contribution in [0.5, 0.6) is 0 Å². The highest BCUT2D eigenvalue weighted by Gasteiger charge is 2.34. The molecule has 2 aliphatic carbocycles. The maximum Gasteiger partial charge on any atom is 0.0416 e. The molecule has 0 aliphatic heterocycles. The Labute approximate surface area is 93.3 Å². The number of nitrogens with two attached hydrogens (primary N) is 1. The Morgan fingerprint density at radius 1 is 1.13 bits per heavy atom. The normalized spacial score (nSPS) is 38.1. The smallest absolute Gasteiger partial charge is 0.0416 e. The molecule has 0 heterocycles. The van der Waals surface area contributed by atoms with Crippen molar-refractivity contribution < 1.29 is 0 Å². The lowest BCUT2D eigenvalue weighted by atomic mass is 9.66. The van der Waals surface area contributed by atoms with Gasteiger partial charge in [0.1, 0.15) is 0 Å². The number of hydrazine groups is 1. The lowest BCUT2D eigenvalue weighted by Crippen LogP contribution is -2.42. The van der Waals surface area contributed by atoms with Gasteiger partial charge in [0, 0.05) is 6.04 Å². The summed E-state index contributed by atoms with van der Waals surface area (Å²) in [6.45, 7) is 3.87. The van der Waals surface area contributed by atoms with Crippen LogP contribution in [0.3, 0.4) is 0 Å². The lowest BCUT2D eigenvalue weighted by Gasteiger charge is -2.41. The van der Waals surface area contributed by atoms with Gasteiger partial charge in [0.05, 0.1) is 0 Å². The SMILES string of the molecule is C=CC(NN)C1CCC2CCCCC2C1. The molecule has 2 fully saturated rings. The zero-order valence-electron chi connectivity index (χ0n) is 9.62. The van der Waals surface area contributed by atoms with Crippen LogP contribution in [0.25, 0.3) is 0 Å². The van der Waals surface area contributed by atoms with Gasteiger partial charge in [-0.15, -0.1) is 6.58 Å². The summed E-state index contributed by atoms with van der Waals surface area (Å²) in [7, 11) is 0. The molecule has 4 atom stereocenters. The zero-order valence-corrected chi connectivity index (χ0v) is 9.62. The molecule has 2 aliphatic rings. The first-order valence-corrected chi connectivity index (χ1v) is 6.44. The van der Waals surface area contributed by atoms with Gasteiger partial charge in [-0.25, -0.2) is 0 Å². The van der Waals surface area contributed by atoms with Gasteiger partial charge >= 0.3 is 0 Å². The summed E-state index contributed by atoms with van der Waals surface area (Å²) < 4.78 is 0. The summed E-state index contributed by atoms with van der Waals surface area (Å²) in [5.74, 6) is 8.30. The third-order valence-corrected chi connectivity index (χ3v) is 4.53. The summed E-state index contributed by atoms with van der Waals surface area (Å²) in [5, 5.41) is 0. The molecule has 2 nitrogen and oxygen atoms in total. The molecule has 0 radical (unpaired) electrons. The van der Waals surface area contributed by atoms with Crippen LogP contribution < -0.4 is 11.3 Å². The maximum atomic E-state index is 5.56. The Kier molecular flexibility index (Phi) is 3.81. The molecule has 0 bridgehead atoms. The molecule has 2 heteroatoms. The number of hydrogen-bond acceptors (Lipinski definition) is 2. The molecule has 0 aromatic carbocycles. The molecule has 15 heavy (non-hydrogen) atoms. The molecule has 4 unspecified atom stereocenters. The molecule has 2 saturated carbocycles. The van der Waals surface area contributed by atoms with E-state index in [-0.39, 0.29) is 0 Å².